The standard InChI is InChI=1S/C24H24N2O2/c1-4-11-23-25-21(16-19-12-7-5-8-13-19)22(17-28-24(27)18(2)3)26(23)20-14-9-6-10-15-20/h4-10,12-15H,1-2,11,16-17H2,3H3. The fourth-order valence-electron chi connectivity index (χ4n) is 3.04. The van der Waals surface area contributed by atoms with Crippen LogP contribution in [0.5, 0.6) is 0 Å². The molecule has 0 amide bonds. The van der Waals surface area contributed by atoms with Gasteiger partial charge in [-0.15, -0.1) is 6.58 Å². The summed E-state index contributed by atoms with van der Waals surface area (Å²) >= 11 is 0. The highest BCUT2D eigenvalue weighted by Crippen LogP contribution is 2.23. The first-order chi connectivity index (χ1) is 13.6. The van der Waals surface area contributed by atoms with Crippen molar-refractivity contribution in [3.05, 3.63) is 108 Å². The summed E-state index contributed by atoms with van der Waals surface area (Å²) in [5.41, 5.74) is 4.26. The molecule has 4 heteroatoms. The summed E-state index contributed by atoms with van der Waals surface area (Å²) in [5, 5.41) is 0. The van der Waals surface area contributed by atoms with Gasteiger partial charge in [-0.1, -0.05) is 61.2 Å². The Morgan fingerprint density at radius 2 is 1.75 bits per heavy atom. The molecule has 142 valence electrons. The lowest BCUT2D eigenvalue weighted by molar-refractivity contribution is -0.140. The minimum atomic E-state index is -0.406. The Labute approximate surface area is 165 Å². The minimum absolute atomic E-state index is 0.132. The van der Waals surface area contributed by atoms with Crippen molar-refractivity contribution in [1.82, 2.24) is 9.55 Å². The van der Waals surface area contributed by atoms with Crippen molar-refractivity contribution >= 4 is 5.97 Å². The smallest absolute Gasteiger partial charge is 0.333 e. The second-order valence-corrected chi connectivity index (χ2v) is 6.60. The number of carbonyl (C=O) groups excluding carboxylic acids is 1. The molecule has 0 N–H and O–H groups in total. The molecule has 0 unspecified atom stereocenters. The number of hydrogen-bond donors (Lipinski definition) is 0. The summed E-state index contributed by atoms with van der Waals surface area (Å²) in [6.45, 7) is 9.30. The van der Waals surface area contributed by atoms with Crippen molar-refractivity contribution < 1.29 is 9.53 Å². The van der Waals surface area contributed by atoms with Crippen molar-refractivity contribution in [1.29, 1.82) is 0 Å². The quantitative estimate of drug-likeness (QED) is 0.324. The molecule has 0 aliphatic rings. The molecule has 4 nitrogen and oxygen atoms in total. The molecule has 0 spiro atoms. The predicted octanol–water partition coefficient (Wildman–Crippen LogP) is 4.81. The van der Waals surface area contributed by atoms with E-state index in [1.807, 2.05) is 54.6 Å². The lowest BCUT2D eigenvalue weighted by Crippen LogP contribution is -2.11. The molecule has 3 rings (SSSR count). The van der Waals surface area contributed by atoms with Gasteiger partial charge >= 0.3 is 5.97 Å². The monoisotopic (exact) mass is 372 g/mol. The summed E-state index contributed by atoms with van der Waals surface area (Å²) in [5.74, 6) is 0.463. The lowest BCUT2D eigenvalue weighted by Gasteiger charge is -2.13. The number of ether oxygens (including phenoxy) is 1. The number of benzene rings is 2. The molecule has 1 heterocycles. The molecule has 0 fully saturated rings. The number of rotatable bonds is 8. The van der Waals surface area contributed by atoms with E-state index in [4.69, 9.17) is 9.72 Å². The number of esters is 1. The first-order valence-electron chi connectivity index (χ1n) is 9.22. The highest BCUT2D eigenvalue weighted by molar-refractivity contribution is 5.86. The van der Waals surface area contributed by atoms with Crippen molar-refractivity contribution in [2.45, 2.75) is 26.4 Å². The molecular formula is C24H24N2O2. The van der Waals surface area contributed by atoms with Crippen molar-refractivity contribution in [3.63, 3.8) is 0 Å². The highest BCUT2D eigenvalue weighted by Gasteiger charge is 2.19. The zero-order valence-electron chi connectivity index (χ0n) is 16.1. The Morgan fingerprint density at radius 3 is 2.36 bits per heavy atom. The number of allylic oxidation sites excluding steroid dienone is 1. The number of carbonyl (C=O) groups is 1. The summed E-state index contributed by atoms with van der Waals surface area (Å²) in [4.78, 5) is 16.9. The fourth-order valence-corrected chi connectivity index (χ4v) is 3.04. The van der Waals surface area contributed by atoms with Crippen LogP contribution in [0.2, 0.25) is 0 Å². The maximum Gasteiger partial charge on any atom is 0.333 e. The molecule has 28 heavy (non-hydrogen) atoms. The molecule has 0 bridgehead atoms. The van der Waals surface area contributed by atoms with Crippen LogP contribution in [0.25, 0.3) is 5.69 Å². The fraction of sp³-hybridized carbons (Fsp3) is 0.167. The topological polar surface area (TPSA) is 44.1 Å². The van der Waals surface area contributed by atoms with Crippen LogP contribution < -0.4 is 0 Å². The van der Waals surface area contributed by atoms with Crippen LogP contribution in [0.15, 0.2) is 85.5 Å². The van der Waals surface area contributed by atoms with Crippen LogP contribution in [0, 0.1) is 0 Å². The third-order valence-corrected chi connectivity index (χ3v) is 4.37. The van der Waals surface area contributed by atoms with Crippen molar-refractivity contribution in [2.75, 3.05) is 0 Å². The van der Waals surface area contributed by atoms with E-state index < -0.39 is 5.97 Å². The van der Waals surface area contributed by atoms with Crippen molar-refractivity contribution in [3.8, 4) is 5.69 Å². The van der Waals surface area contributed by atoms with Gasteiger partial charge < -0.3 is 4.74 Å². The van der Waals surface area contributed by atoms with Crippen molar-refractivity contribution in [2.24, 2.45) is 0 Å². The van der Waals surface area contributed by atoms with Gasteiger partial charge in [-0.2, -0.15) is 0 Å². The van der Waals surface area contributed by atoms with Crippen LogP contribution in [0.3, 0.4) is 0 Å². The Balaban J connectivity index is 2.07. The normalized spacial score (nSPS) is 10.5. The average Bonchev–Trinajstić information content (AvgIpc) is 3.04. The number of hydrogen-bond acceptors (Lipinski definition) is 3. The van der Waals surface area contributed by atoms with Crippen LogP contribution in [-0.4, -0.2) is 15.5 Å². The zero-order valence-corrected chi connectivity index (χ0v) is 16.1. The van der Waals surface area contributed by atoms with Crippen LogP contribution in [0.4, 0.5) is 0 Å². The second-order valence-electron chi connectivity index (χ2n) is 6.60. The van der Waals surface area contributed by atoms with Gasteiger partial charge in [0, 0.05) is 24.1 Å². The molecule has 0 saturated carbocycles. The van der Waals surface area contributed by atoms with E-state index in [-0.39, 0.29) is 6.61 Å². The van der Waals surface area contributed by atoms with E-state index in [9.17, 15) is 4.79 Å². The van der Waals surface area contributed by atoms with Crippen LogP contribution in [-0.2, 0) is 29.0 Å². The molecular weight excluding hydrogens is 348 g/mol. The van der Waals surface area contributed by atoms with E-state index in [0.29, 0.717) is 18.4 Å². The summed E-state index contributed by atoms with van der Waals surface area (Å²) in [6.07, 6.45) is 3.10. The van der Waals surface area contributed by atoms with Gasteiger partial charge in [0.05, 0.1) is 11.4 Å². The van der Waals surface area contributed by atoms with E-state index in [1.54, 1.807) is 6.92 Å². The van der Waals surface area contributed by atoms with Crippen LogP contribution >= 0.6 is 0 Å². The number of para-hydroxylation sites is 1. The van der Waals surface area contributed by atoms with Gasteiger partial charge in [-0.3, -0.25) is 4.57 Å². The molecule has 0 atom stereocenters. The van der Waals surface area contributed by atoms with E-state index in [0.717, 1.165) is 28.5 Å². The lowest BCUT2D eigenvalue weighted by atomic mass is 10.1. The van der Waals surface area contributed by atoms with Crippen LogP contribution in [0.1, 0.15) is 29.7 Å². The SMILES string of the molecule is C=CCc1nc(Cc2ccccc2)c(COC(=O)C(=C)C)n1-c1ccccc1. The summed E-state index contributed by atoms with van der Waals surface area (Å²) in [6, 6.07) is 20.1. The Morgan fingerprint density at radius 1 is 1.11 bits per heavy atom. The number of imidazole rings is 1. The maximum atomic E-state index is 12.0. The largest absolute Gasteiger partial charge is 0.456 e. The minimum Gasteiger partial charge on any atom is -0.456 e. The molecule has 0 aliphatic carbocycles. The second kappa shape index (κ2) is 9.00. The summed E-state index contributed by atoms with van der Waals surface area (Å²) < 4.78 is 7.56. The first-order valence-corrected chi connectivity index (χ1v) is 9.22. The number of aromatic nitrogens is 2. The van der Waals surface area contributed by atoms with Gasteiger partial charge in [-0.05, 0) is 24.6 Å². The Bertz CT molecular complexity index is 973. The zero-order chi connectivity index (χ0) is 19.9. The van der Waals surface area contributed by atoms with E-state index in [1.165, 1.54) is 0 Å². The molecule has 1 aromatic heterocycles. The predicted molar refractivity (Wildman–Crippen MR) is 111 cm³/mol. The molecule has 0 saturated heterocycles. The third-order valence-electron chi connectivity index (χ3n) is 4.37. The van der Waals surface area contributed by atoms with Gasteiger partial charge in [0.1, 0.15) is 12.4 Å². The maximum absolute atomic E-state index is 12.0. The van der Waals surface area contributed by atoms with E-state index >= 15 is 0 Å². The average molecular weight is 372 g/mol. The number of nitrogens with zero attached hydrogens (tertiary/aromatic N) is 2. The third kappa shape index (κ3) is 4.46. The summed E-state index contributed by atoms with van der Waals surface area (Å²) in [7, 11) is 0. The van der Waals surface area contributed by atoms with Gasteiger partial charge in [0.25, 0.3) is 0 Å². The van der Waals surface area contributed by atoms with Gasteiger partial charge in [-0.25, -0.2) is 9.78 Å². The molecule has 0 radical (unpaired) electrons. The Hall–Kier alpha value is -3.40. The van der Waals surface area contributed by atoms with Gasteiger partial charge in [0.2, 0.25) is 0 Å². The first kappa shape index (κ1) is 19.4. The highest BCUT2D eigenvalue weighted by atomic mass is 16.5. The Kier molecular flexibility index (Phi) is 6.22. The molecule has 0 aliphatic heterocycles. The van der Waals surface area contributed by atoms with Gasteiger partial charge in [0.15, 0.2) is 0 Å². The molecule has 3 aromatic rings. The van der Waals surface area contributed by atoms with E-state index in [2.05, 4.69) is 29.9 Å². The molecule has 2 aromatic carbocycles.